The number of ether oxygens (including phenoxy) is 1. The van der Waals surface area contributed by atoms with Crippen molar-refractivity contribution in [1.82, 2.24) is 10.2 Å². The quantitative estimate of drug-likeness (QED) is 0.441. The number of anilines is 1. The molecule has 0 aliphatic carbocycles. The number of rotatable bonds is 12. The Morgan fingerprint density at radius 3 is 2.32 bits per heavy atom. The van der Waals surface area contributed by atoms with Gasteiger partial charge in [-0.2, -0.15) is 0 Å². The van der Waals surface area contributed by atoms with E-state index in [0.29, 0.717) is 30.8 Å². The average molecular weight is 532 g/mol. The first-order chi connectivity index (χ1) is 17.3. The van der Waals surface area contributed by atoms with Crippen LogP contribution in [0.3, 0.4) is 0 Å². The van der Waals surface area contributed by atoms with Gasteiger partial charge in [0.1, 0.15) is 11.8 Å². The molecule has 1 atom stereocenters. The molecule has 0 unspecified atom stereocenters. The molecular formula is C28H41N3O5S. The van der Waals surface area contributed by atoms with Crippen LogP contribution in [0.1, 0.15) is 58.1 Å². The molecule has 0 saturated carbocycles. The van der Waals surface area contributed by atoms with Gasteiger partial charge >= 0.3 is 0 Å². The van der Waals surface area contributed by atoms with Crippen LogP contribution in [0.25, 0.3) is 0 Å². The Morgan fingerprint density at radius 2 is 1.76 bits per heavy atom. The molecule has 9 heteroatoms. The topological polar surface area (TPSA) is 96.0 Å². The van der Waals surface area contributed by atoms with E-state index in [0.717, 1.165) is 17.4 Å². The summed E-state index contributed by atoms with van der Waals surface area (Å²) in [5.74, 6) is 0.145. The molecule has 2 rings (SSSR count). The van der Waals surface area contributed by atoms with Crippen molar-refractivity contribution < 1.29 is 22.7 Å². The second kappa shape index (κ2) is 12.9. The third-order valence-corrected chi connectivity index (χ3v) is 7.17. The summed E-state index contributed by atoms with van der Waals surface area (Å²) in [5, 5.41) is 3.00. The maximum atomic E-state index is 13.6. The molecule has 0 fully saturated rings. The standard InChI is InChI=1S/C28H41N3O5S/c1-8-25(27(33)29-28(3,4)5)30(20-22-14-10-9-13-21(22)2)26(32)17-12-18-31(37(7,34)35)23-15-11-16-24(19-23)36-6/h9-11,13-16,19,25H,8,12,17-18,20H2,1-7H3,(H,29,33)/t25-/m0/s1. The zero-order chi connectivity index (χ0) is 27.8. The van der Waals surface area contributed by atoms with E-state index in [1.165, 1.54) is 11.4 Å². The minimum absolute atomic E-state index is 0.0984. The van der Waals surface area contributed by atoms with Gasteiger partial charge in [0.25, 0.3) is 0 Å². The molecule has 1 N–H and O–H groups in total. The molecular weight excluding hydrogens is 490 g/mol. The van der Waals surface area contributed by atoms with Gasteiger partial charge in [0.15, 0.2) is 0 Å². The molecule has 2 aromatic rings. The Hall–Kier alpha value is -3.07. The van der Waals surface area contributed by atoms with Gasteiger partial charge in [-0.3, -0.25) is 13.9 Å². The monoisotopic (exact) mass is 531 g/mol. The number of carbonyl (C=O) groups is 2. The number of benzene rings is 2. The lowest BCUT2D eigenvalue weighted by Crippen LogP contribution is -2.53. The van der Waals surface area contributed by atoms with Crippen LogP contribution in [0.4, 0.5) is 5.69 Å². The Kier molecular flexibility index (Phi) is 10.5. The fraction of sp³-hybridized carbons (Fsp3) is 0.500. The van der Waals surface area contributed by atoms with Crippen molar-refractivity contribution in [1.29, 1.82) is 0 Å². The van der Waals surface area contributed by atoms with Crippen LogP contribution in [-0.4, -0.2) is 56.6 Å². The molecule has 2 aromatic carbocycles. The van der Waals surface area contributed by atoms with E-state index < -0.39 is 21.6 Å². The van der Waals surface area contributed by atoms with Gasteiger partial charge in [0.05, 0.1) is 19.1 Å². The zero-order valence-corrected chi connectivity index (χ0v) is 23.9. The molecule has 0 radical (unpaired) electrons. The minimum atomic E-state index is -3.58. The van der Waals surface area contributed by atoms with Gasteiger partial charge in [-0.25, -0.2) is 8.42 Å². The smallest absolute Gasteiger partial charge is 0.243 e. The maximum absolute atomic E-state index is 13.6. The van der Waals surface area contributed by atoms with Crippen molar-refractivity contribution in [2.75, 3.05) is 24.2 Å². The molecule has 0 heterocycles. The largest absolute Gasteiger partial charge is 0.497 e. The number of sulfonamides is 1. The highest BCUT2D eigenvalue weighted by Gasteiger charge is 2.31. The number of aryl methyl sites for hydroxylation is 1. The van der Waals surface area contributed by atoms with Gasteiger partial charge in [0.2, 0.25) is 21.8 Å². The fourth-order valence-corrected chi connectivity index (χ4v) is 5.07. The van der Waals surface area contributed by atoms with Gasteiger partial charge < -0.3 is 15.0 Å². The Balaban J connectivity index is 2.26. The summed E-state index contributed by atoms with van der Waals surface area (Å²) < 4.78 is 31.6. The van der Waals surface area contributed by atoms with Gasteiger partial charge in [0, 0.05) is 31.1 Å². The Labute approximate surface area is 222 Å². The Bertz CT molecular complexity index is 1170. The molecule has 0 aromatic heterocycles. The van der Waals surface area contributed by atoms with Crippen LogP contribution in [-0.2, 0) is 26.2 Å². The number of nitrogens with one attached hydrogen (secondary N) is 1. The highest BCUT2D eigenvalue weighted by Crippen LogP contribution is 2.24. The lowest BCUT2D eigenvalue weighted by atomic mass is 10.0. The van der Waals surface area contributed by atoms with E-state index >= 15 is 0 Å². The first kappa shape index (κ1) is 30.2. The van der Waals surface area contributed by atoms with Crippen LogP contribution in [0.2, 0.25) is 0 Å². The van der Waals surface area contributed by atoms with E-state index in [1.54, 1.807) is 29.2 Å². The SMILES string of the molecule is CC[C@@H](C(=O)NC(C)(C)C)N(Cc1ccccc1C)C(=O)CCCN(c1cccc(OC)c1)S(C)(=O)=O. The number of hydrogen-bond donors (Lipinski definition) is 1. The minimum Gasteiger partial charge on any atom is -0.497 e. The van der Waals surface area contributed by atoms with Gasteiger partial charge in [-0.05, 0) is 63.8 Å². The van der Waals surface area contributed by atoms with Crippen LogP contribution >= 0.6 is 0 Å². The Morgan fingerprint density at radius 1 is 1.08 bits per heavy atom. The third kappa shape index (κ3) is 9.07. The van der Waals surface area contributed by atoms with Crippen molar-refractivity contribution in [2.45, 2.75) is 72.0 Å². The molecule has 0 aliphatic rings. The van der Waals surface area contributed by atoms with Crippen molar-refractivity contribution in [3.8, 4) is 5.75 Å². The van der Waals surface area contributed by atoms with Crippen molar-refractivity contribution in [3.05, 3.63) is 59.7 Å². The van der Waals surface area contributed by atoms with E-state index in [9.17, 15) is 18.0 Å². The first-order valence-corrected chi connectivity index (χ1v) is 14.4. The molecule has 204 valence electrons. The average Bonchev–Trinajstić information content (AvgIpc) is 2.80. The van der Waals surface area contributed by atoms with E-state index in [4.69, 9.17) is 4.74 Å². The third-order valence-electron chi connectivity index (χ3n) is 5.98. The molecule has 37 heavy (non-hydrogen) atoms. The summed E-state index contributed by atoms with van der Waals surface area (Å²) in [5.41, 5.74) is 2.04. The number of amides is 2. The number of hydrogen-bond acceptors (Lipinski definition) is 5. The molecule has 0 spiro atoms. The number of nitrogens with zero attached hydrogens (tertiary/aromatic N) is 2. The first-order valence-electron chi connectivity index (χ1n) is 12.5. The summed E-state index contributed by atoms with van der Waals surface area (Å²) in [6.07, 6.45) is 1.99. The van der Waals surface area contributed by atoms with Crippen LogP contribution in [0.15, 0.2) is 48.5 Å². The number of carbonyl (C=O) groups excluding carboxylic acids is 2. The summed E-state index contributed by atoms with van der Waals surface area (Å²) in [6, 6.07) is 14.0. The summed E-state index contributed by atoms with van der Waals surface area (Å²) in [7, 11) is -2.06. The molecule has 0 saturated heterocycles. The lowest BCUT2D eigenvalue weighted by Gasteiger charge is -2.33. The summed E-state index contributed by atoms with van der Waals surface area (Å²) in [6.45, 7) is 10.0. The van der Waals surface area contributed by atoms with Crippen molar-refractivity contribution >= 4 is 27.5 Å². The lowest BCUT2D eigenvalue weighted by molar-refractivity contribution is -0.142. The van der Waals surface area contributed by atoms with Crippen molar-refractivity contribution in [3.63, 3.8) is 0 Å². The second-order valence-corrected chi connectivity index (χ2v) is 12.2. The zero-order valence-electron chi connectivity index (χ0n) is 23.1. The molecule has 0 bridgehead atoms. The highest BCUT2D eigenvalue weighted by molar-refractivity contribution is 7.92. The van der Waals surface area contributed by atoms with E-state index in [-0.39, 0.29) is 24.8 Å². The molecule has 2 amide bonds. The predicted octanol–water partition coefficient (Wildman–Crippen LogP) is 4.27. The van der Waals surface area contributed by atoms with Crippen LogP contribution < -0.4 is 14.4 Å². The maximum Gasteiger partial charge on any atom is 0.243 e. The summed E-state index contributed by atoms with van der Waals surface area (Å²) >= 11 is 0. The number of methoxy groups -OCH3 is 1. The highest BCUT2D eigenvalue weighted by atomic mass is 32.2. The van der Waals surface area contributed by atoms with Crippen LogP contribution in [0.5, 0.6) is 5.75 Å². The normalized spacial score (nSPS) is 12.5. The van der Waals surface area contributed by atoms with E-state index in [2.05, 4.69) is 5.32 Å². The van der Waals surface area contributed by atoms with Gasteiger partial charge in [-0.1, -0.05) is 37.3 Å². The van der Waals surface area contributed by atoms with E-state index in [1.807, 2.05) is 58.9 Å². The molecule has 0 aliphatic heterocycles. The molecule has 8 nitrogen and oxygen atoms in total. The van der Waals surface area contributed by atoms with Gasteiger partial charge in [-0.15, -0.1) is 0 Å². The fourth-order valence-electron chi connectivity index (χ4n) is 4.11. The van der Waals surface area contributed by atoms with Crippen LogP contribution in [0, 0.1) is 6.92 Å². The van der Waals surface area contributed by atoms with Crippen molar-refractivity contribution in [2.24, 2.45) is 0 Å². The summed E-state index contributed by atoms with van der Waals surface area (Å²) in [4.78, 5) is 28.3. The predicted molar refractivity (Wildman–Crippen MR) is 148 cm³/mol. The second-order valence-electron chi connectivity index (χ2n) is 10.3.